The zero-order chi connectivity index (χ0) is 14.6. The van der Waals surface area contributed by atoms with Crippen LogP contribution in [0.3, 0.4) is 0 Å². The minimum Gasteiger partial charge on any atom is -0.444 e. The first-order valence-corrected chi connectivity index (χ1v) is 6.06. The van der Waals surface area contributed by atoms with Crippen molar-refractivity contribution in [2.45, 2.75) is 58.6 Å². The molecular formula is C12H24F2N2O2. The molecular weight excluding hydrogens is 242 g/mol. The molecule has 0 bridgehead atoms. The molecule has 0 saturated carbocycles. The number of nitrogens with two attached hydrogens (primary N) is 1. The summed E-state index contributed by atoms with van der Waals surface area (Å²) in [4.78, 5) is 13.1. The second-order valence-corrected chi connectivity index (χ2v) is 5.58. The second-order valence-electron chi connectivity index (χ2n) is 5.58. The van der Waals surface area contributed by atoms with Gasteiger partial charge in [0, 0.05) is 19.0 Å². The van der Waals surface area contributed by atoms with Crippen LogP contribution < -0.4 is 5.73 Å². The van der Waals surface area contributed by atoms with Crippen LogP contribution in [0.5, 0.6) is 0 Å². The quantitative estimate of drug-likeness (QED) is 0.832. The highest BCUT2D eigenvalue weighted by Gasteiger charge is 2.30. The number of ether oxygens (including phenoxy) is 1. The molecule has 0 radical (unpaired) electrons. The van der Waals surface area contributed by atoms with Crippen molar-refractivity contribution in [3.63, 3.8) is 0 Å². The molecule has 0 rings (SSSR count). The third kappa shape index (κ3) is 6.74. The Morgan fingerprint density at radius 3 is 2.17 bits per heavy atom. The maximum Gasteiger partial charge on any atom is 0.410 e. The Hall–Kier alpha value is -0.910. The van der Waals surface area contributed by atoms with Gasteiger partial charge in [0.2, 0.25) is 0 Å². The van der Waals surface area contributed by atoms with E-state index in [1.807, 2.05) is 0 Å². The van der Waals surface area contributed by atoms with Crippen molar-refractivity contribution in [3.8, 4) is 0 Å². The van der Waals surface area contributed by atoms with Crippen molar-refractivity contribution in [1.82, 2.24) is 4.90 Å². The lowest BCUT2D eigenvalue weighted by Gasteiger charge is -2.31. The van der Waals surface area contributed by atoms with E-state index < -0.39 is 30.6 Å². The zero-order valence-electron chi connectivity index (χ0n) is 11.8. The first-order valence-electron chi connectivity index (χ1n) is 6.06. The number of amides is 1. The van der Waals surface area contributed by atoms with Gasteiger partial charge >= 0.3 is 6.09 Å². The Bertz CT molecular complexity index is 276. The summed E-state index contributed by atoms with van der Waals surface area (Å²) in [7, 11) is 0. The van der Waals surface area contributed by atoms with Gasteiger partial charge < -0.3 is 15.4 Å². The van der Waals surface area contributed by atoms with Gasteiger partial charge in [-0.3, -0.25) is 0 Å². The molecule has 0 saturated heterocycles. The lowest BCUT2D eigenvalue weighted by molar-refractivity contribution is -0.0174. The molecule has 18 heavy (non-hydrogen) atoms. The summed E-state index contributed by atoms with van der Waals surface area (Å²) in [5.74, 6) is -2.95. The molecule has 2 N–H and O–H groups in total. The van der Waals surface area contributed by atoms with E-state index in [2.05, 4.69) is 0 Å². The van der Waals surface area contributed by atoms with Crippen LogP contribution in [0.1, 0.15) is 41.0 Å². The molecule has 6 heteroatoms. The van der Waals surface area contributed by atoms with Gasteiger partial charge in [0.05, 0.1) is 6.54 Å². The Kier molecular flexibility index (Phi) is 5.99. The van der Waals surface area contributed by atoms with Gasteiger partial charge in [-0.25, -0.2) is 13.6 Å². The van der Waals surface area contributed by atoms with Gasteiger partial charge in [0.1, 0.15) is 5.60 Å². The van der Waals surface area contributed by atoms with Crippen molar-refractivity contribution in [2.24, 2.45) is 5.73 Å². The standard InChI is InChI=1S/C12H24F2N2O2/c1-9(2)16(7-6-12(13,14)8-15)10(17)18-11(3,4)5/h9H,6-8,15H2,1-5H3. The Balaban J connectivity index is 4.54. The molecule has 0 heterocycles. The highest BCUT2D eigenvalue weighted by molar-refractivity contribution is 5.68. The topological polar surface area (TPSA) is 55.6 Å². The van der Waals surface area contributed by atoms with E-state index in [1.54, 1.807) is 34.6 Å². The monoisotopic (exact) mass is 266 g/mol. The summed E-state index contributed by atoms with van der Waals surface area (Å²) in [5.41, 5.74) is 4.32. The maximum absolute atomic E-state index is 13.1. The molecule has 0 aliphatic carbocycles. The van der Waals surface area contributed by atoms with Crippen LogP contribution in [0, 0.1) is 0 Å². The van der Waals surface area contributed by atoms with Crippen LogP contribution >= 0.6 is 0 Å². The van der Waals surface area contributed by atoms with E-state index in [9.17, 15) is 13.6 Å². The van der Waals surface area contributed by atoms with Gasteiger partial charge in [0.15, 0.2) is 0 Å². The Morgan fingerprint density at radius 1 is 1.33 bits per heavy atom. The molecule has 0 aliphatic rings. The number of rotatable bonds is 5. The molecule has 0 unspecified atom stereocenters. The minimum atomic E-state index is -2.95. The van der Waals surface area contributed by atoms with Crippen LogP contribution in [0.25, 0.3) is 0 Å². The number of nitrogens with zero attached hydrogens (tertiary/aromatic N) is 1. The first kappa shape index (κ1) is 17.1. The smallest absolute Gasteiger partial charge is 0.410 e. The van der Waals surface area contributed by atoms with Crippen molar-refractivity contribution in [3.05, 3.63) is 0 Å². The third-order valence-corrected chi connectivity index (χ3v) is 2.27. The summed E-state index contributed by atoms with van der Waals surface area (Å²) in [6, 6.07) is -0.201. The molecule has 0 aromatic rings. The fourth-order valence-corrected chi connectivity index (χ4v) is 1.27. The summed E-state index contributed by atoms with van der Waals surface area (Å²) in [6.45, 7) is 7.92. The fourth-order valence-electron chi connectivity index (χ4n) is 1.27. The number of carbonyl (C=O) groups excluding carboxylic acids is 1. The van der Waals surface area contributed by atoms with Crippen LogP contribution in [-0.4, -0.2) is 41.6 Å². The van der Waals surface area contributed by atoms with Crippen molar-refractivity contribution >= 4 is 6.09 Å². The van der Waals surface area contributed by atoms with Crippen LogP contribution in [0.2, 0.25) is 0 Å². The highest BCUT2D eigenvalue weighted by atomic mass is 19.3. The number of alkyl halides is 2. The Morgan fingerprint density at radius 2 is 1.83 bits per heavy atom. The number of hydrogen-bond acceptors (Lipinski definition) is 3. The van der Waals surface area contributed by atoms with E-state index in [4.69, 9.17) is 10.5 Å². The van der Waals surface area contributed by atoms with Gasteiger partial charge in [-0.15, -0.1) is 0 Å². The van der Waals surface area contributed by atoms with Gasteiger partial charge in [-0.2, -0.15) is 0 Å². The summed E-state index contributed by atoms with van der Waals surface area (Å²) < 4.78 is 31.3. The number of hydrogen-bond donors (Lipinski definition) is 1. The lowest BCUT2D eigenvalue weighted by Crippen LogP contribution is -2.43. The van der Waals surface area contributed by atoms with E-state index in [0.29, 0.717) is 0 Å². The van der Waals surface area contributed by atoms with Crippen molar-refractivity contribution < 1.29 is 18.3 Å². The van der Waals surface area contributed by atoms with Crippen molar-refractivity contribution in [1.29, 1.82) is 0 Å². The SMILES string of the molecule is CC(C)N(CCC(F)(F)CN)C(=O)OC(C)(C)C. The van der Waals surface area contributed by atoms with E-state index >= 15 is 0 Å². The molecule has 1 amide bonds. The molecule has 0 spiro atoms. The largest absolute Gasteiger partial charge is 0.444 e. The maximum atomic E-state index is 13.1. The number of halogens is 2. The lowest BCUT2D eigenvalue weighted by atomic mass is 10.2. The third-order valence-electron chi connectivity index (χ3n) is 2.27. The van der Waals surface area contributed by atoms with Crippen molar-refractivity contribution in [2.75, 3.05) is 13.1 Å². The molecule has 0 aromatic heterocycles. The zero-order valence-corrected chi connectivity index (χ0v) is 11.8. The minimum absolute atomic E-state index is 0.0726. The van der Waals surface area contributed by atoms with Crippen LogP contribution in [-0.2, 0) is 4.74 Å². The highest BCUT2D eigenvalue weighted by Crippen LogP contribution is 2.19. The first-order chi connectivity index (χ1) is 7.98. The van der Waals surface area contributed by atoms with Crippen LogP contribution in [0.4, 0.5) is 13.6 Å². The average molecular weight is 266 g/mol. The van der Waals surface area contributed by atoms with Gasteiger partial charge in [-0.05, 0) is 34.6 Å². The summed E-state index contributed by atoms with van der Waals surface area (Å²) in [6.07, 6.45) is -1.04. The predicted molar refractivity (Wildman–Crippen MR) is 66.7 cm³/mol. The second kappa shape index (κ2) is 6.31. The summed E-state index contributed by atoms with van der Waals surface area (Å²) in [5, 5.41) is 0. The molecule has 0 fully saturated rings. The summed E-state index contributed by atoms with van der Waals surface area (Å²) >= 11 is 0. The number of carbonyl (C=O) groups is 1. The average Bonchev–Trinajstić information content (AvgIpc) is 2.14. The molecule has 108 valence electrons. The van der Waals surface area contributed by atoms with E-state index in [-0.39, 0.29) is 12.6 Å². The van der Waals surface area contributed by atoms with E-state index in [0.717, 1.165) is 0 Å². The molecule has 4 nitrogen and oxygen atoms in total. The van der Waals surface area contributed by atoms with E-state index in [1.165, 1.54) is 4.90 Å². The fraction of sp³-hybridized carbons (Fsp3) is 0.917. The van der Waals surface area contributed by atoms with Gasteiger partial charge in [0.25, 0.3) is 5.92 Å². The molecule has 0 aromatic carbocycles. The van der Waals surface area contributed by atoms with Gasteiger partial charge in [-0.1, -0.05) is 0 Å². The predicted octanol–water partition coefficient (Wildman–Crippen LogP) is 2.62. The van der Waals surface area contributed by atoms with Crippen LogP contribution in [0.15, 0.2) is 0 Å². The molecule has 0 aliphatic heterocycles. The Labute approximate surface area is 107 Å². The molecule has 0 atom stereocenters. The normalized spacial score (nSPS) is 12.7.